The number of nitrogens with zero attached hydrogens (tertiary/aromatic N) is 4. The molecule has 1 aromatic heterocycles. The van der Waals surface area contributed by atoms with Crippen LogP contribution in [0.15, 0.2) is 18.2 Å². The van der Waals surface area contributed by atoms with Gasteiger partial charge >= 0.3 is 0 Å². The molecule has 1 N–H and O–H groups in total. The van der Waals surface area contributed by atoms with Crippen molar-refractivity contribution in [2.75, 3.05) is 31.1 Å². The van der Waals surface area contributed by atoms with Crippen molar-refractivity contribution in [1.29, 1.82) is 0 Å². The Morgan fingerprint density at radius 3 is 2.88 bits per heavy atom. The van der Waals surface area contributed by atoms with Crippen LogP contribution in [-0.4, -0.2) is 41.2 Å². The molecule has 0 unspecified atom stereocenters. The van der Waals surface area contributed by atoms with Crippen molar-refractivity contribution in [1.82, 2.24) is 20.3 Å². The molecule has 16 heavy (non-hydrogen) atoms. The van der Waals surface area contributed by atoms with Crippen molar-refractivity contribution in [3.8, 4) is 0 Å². The first-order valence-corrected chi connectivity index (χ1v) is 5.60. The fourth-order valence-electron chi connectivity index (χ4n) is 2.20. The van der Waals surface area contributed by atoms with Gasteiger partial charge in [-0.3, -0.25) is 0 Å². The number of anilines is 1. The zero-order valence-corrected chi connectivity index (χ0v) is 9.35. The molecule has 0 aliphatic carbocycles. The molecule has 5 heteroatoms. The van der Waals surface area contributed by atoms with E-state index in [0.717, 1.165) is 37.2 Å². The number of benzene rings is 1. The molecule has 2 aromatic rings. The zero-order valence-electron chi connectivity index (χ0n) is 9.35. The Kier molecular flexibility index (Phi) is 2.25. The third-order valence-electron chi connectivity index (χ3n) is 3.08. The lowest BCUT2D eigenvalue weighted by atomic mass is 10.2. The molecule has 0 radical (unpaired) electrons. The lowest BCUT2D eigenvalue weighted by Crippen LogP contribution is -2.43. The van der Waals surface area contributed by atoms with Gasteiger partial charge in [0, 0.05) is 33.2 Å². The summed E-state index contributed by atoms with van der Waals surface area (Å²) in [5.41, 5.74) is 3.30. The van der Waals surface area contributed by atoms with E-state index in [1.54, 1.807) is 0 Å². The van der Waals surface area contributed by atoms with E-state index < -0.39 is 0 Å². The molecule has 3 rings (SSSR count). The number of piperazine rings is 1. The summed E-state index contributed by atoms with van der Waals surface area (Å²) in [5.74, 6) is 0. The largest absolute Gasteiger partial charge is 0.367 e. The van der Waals surface area contributed by atoms with Gasteiger partial charge < -0.3 is 10.2 Å². The molecule has 1 aliphatic heterocycles. The Morgan fingerprint density at radius 1 is 1.25 bits per heavy atom. The standard InChI is InChI=1S/C11H15N5/c1-15-9-3-2-4-10(11(9)13-14-15)16-7-5-12-6-8-16/h2-4,12H,5-8H2,1H3. The third-order valence-corrected chi connectivity index (χ3v) is 3.08. The van der Waals surface area contributed by atoms with Gasteiger partial charge in [0.25, 0.3) is 0 Å². The molecule has 1 aromatic carbocycles. The monoisotopic (exact) mass is 217 g/mol. The second kappa shape index (κ2) is 3.75. The number of hydrogen-bond donors (Lipinski definition) is 1. The van der Waals surface area contributed by atoms with Gasteiger partial charge in [0.2, 0.25) is 0 Å². The van der Waals surface area contributed by atoms with Crippen molar-refractivity contribution in [2.45, 2.75) is 0 Å². The van der Waals surface area contributed by atoms with Gasteiger partial charge in [-0.2, -0.15) is 0 Å². The van der Waals surface area contributed by atoms with E-state index in [9.17, 15) is 0 Å². The molecule has 1 fully saturated rings. The maximum absolute atomic E-state index is 4.24. The first kappa shape index (κ1) is 9.59. The molecular formula is C11H15N5. The van der Waals surface area contributed by atoms with Crippen LogP contribution in [0.4, 0.5) is 5.69 Å². The molecule has 5 nitrogen and oxygen atoms in total. The highest BCUT2D eigenvalue weighted by Crippen LogP contribution is 2.24. The van der Waals surface area contributed by atoms with Crippen molar-refractivity contribution in [2.24, 2.45) is 7.05 Å². The van der Waals surface area contributed by atoms with E-state index in [0.29, 0.717) is 0 Å². The summed E-state index contributed by atoms with van der Waals surface area (Å²) in [5, 5.41) is 11.7. The number of fused-ring (bicyclic) bond motifs is 1. The summed E-state index contributed by atoms with van der Waals surface area (Å²) in [7, 11) is 1.93. The minimum atomic E-state index is 1.01. The second-order valence-electron chi connectivity index (χ2n) is 4.09. The Morgan fingerprint density at radius 2 is 2.06 bits per heavy atom. The second-order valence-corrected chi connectivity index (χ2v) is 4.09. The lowest BCUT2D eigenvalue weighted by Gasteiger charge is -2.29. The quantitative estimate of drug-likeness (QED) is 0.750. The van der Waals surface area contributed by atoms with Crippen LogP contribution in [0, 0.1) is 0 Å². The van der Waals surface area contributed by atoms with E-state index >= 15 is 0 Å². The van der Waals surface area contributed by atoms with E-state index in [1.165, 1.54) is 5.69 Å². The van der Waals surface area contributed by atoms with Crippen LogP contribution in [0.3, 0.4) is 0 Å². The summed E-state index contributed by atoms with van der Waals surface area (Å²) < 4.78 is 1.82. The zero-order chi connectivity index (χ0) is 11.0. The van der Waals surface area contributed by atoms with E-state index in [2.05, 4.69) is 38.7 Å². The summed E-state index contributed by atoms with van der Waals surface area (Å²) >= 11 is 0. The SMILES string of the molecule is Cn1nnc2c(N3CCNCC3)cccc21. The Balaban J connectivity index is 2.08. The molecule has 2 heterocycles. The number of rotatable bonds is 1. The molecule has 0 amide bonds. The number of nitrogens with one attached hydrogen (secondary N) is 1. The number of hydrogen-bond acceptors (Lipinski definition) is 4. The van der Waals surface area contributed by atoms with Gasteiger partial charge in [-0.05, 0) is 12.1 Å². The highest BCUT2D eigenvalue weighted by Gasteiger charge is 2.15. The van der Waals surface area contributed by atoms with Crippen molar-refractivity contribution in [3.63, 3.8) is 0 Å². The highest BCUT2D eigenvalue weighted by atomic mass is 15.4. The molecule has 1 saturated heterocycles. The first-order chi connectivity index (χ1) is 7.86. The Hall–Kier alpha value is -1.62. The van der Waals surface area contributed by atoms with Crippen LogP contribution in [-0.2, 0) is 7.05 Å². The average Bonchev–Trinajstić information content (AvgIpc) is 2.73. The van der Waals surface area contributed by atoms with Gasteiger partial charge in [0.05, 0.1) is 11.2 Å². The van der Waals surface area contributed by atoms with E-state index in [-0.39, 0.29) is 0 Å². The van der Waals surface area contributed by atoms with E-state index in [4.69, 9.17) is 0 Å². The Labute approximate surface area is 94.0 Å². The summed E-state index contributed by atoms with van der Waals surface area (Å²) in [6.07, 6.45) is 0. The maximum atomic E-state index is 4.24. The van der Waals surface area contributed by atoms with Gasteiger partial charge in [0.1, 0.15) is 5.52 Å². The van der Waals surface area contributed by atoms with Crippen LogP contribution >= 0.6 is 0 Å². The van der Waals surface area contributed by atoms with Gasteiger partial charge in [-0.15, -0.1) is 5.10 Å². The first-order valence-electron chi connectivity index (χ1n) is 5.60. The minimum Gasteiger partial charge on any atom is -0.367 e. The predicted octanol–water partition coefficient (Wildman–Crippen LogP) is 0.378. The average molecular weight is 217 g/mol. The minimum absolute atomic E-state index is 1.01. The van der Waals surface area contributed by atoms with Crippen LogP contribution in [0.2, 0.25) is 0 Å². The molecule has 1 aliphatic rings. The molecule has 0 atom stereocenters. The third kappa shape index (κ3) is 1.44. The van der Waals surface area contributed by atoms with Crippen LogP contribution in [0.1, 0.15) is 0 Å². The van der Waals surface area contributed by atoms with Gasteiger partial charge in [0.15, 0.2) is 0 Å². The van der Waals surface area contributed by atoms with Crippen LogP contribution in [0.25, 0.3) is 11.0 Å². The number of aromatic nitrogens is 3. The van der Waals surface area contributed by atoms with E-state index in [1.807, 2.05) is 11.7 Å². The fraction of sp³-hybridized carbons (Fsp3) is 0.455. The van der Waals surface area contributed by atoms with Crippen molar-refractivity contribution in [3.05, 3.63) is 18.2 Å². The molecule has 0 saturated carbocycles. The molecule has 0 spiro atoms. The maximum Gasteiger partial charge on any atom is 0.136 e. The van der Waals surface area contributed by atoms with Gasteiger partial charge in [-0.1, -0.05) is 11.3 Å². The fourth-order valence-corrected chi connectivity index (χ4v) is 2.20. The highest BCUT2D eigenvalue weighted by molar-refractivity contribution is 5.88. The van der Waals surface area contributed by atoms with Crippen molar-refractivity contribution < 1.29 is 0 Å². The van der Waals surface area contributed by atoms with Gasteiger partial charge in [-0.25, -0.2) is 4.68 Å². The predicted molar refractivity (Wildman–Crippen MR) is 63.6 cm³/mol. The summed E-state index contributed by atoms with van der Waals surface area (Å²) in [4.78, 5) is 2.37. The topological polar surface area (TPSA) is 46.0 Å². The van der Waals surface area contributed by atoms with Crippen molar-refractivity contribution >= 4 is 16.7 Å². The van der Waals surface area contributed by atoms with Crippen LogP contribution < -0.4 is 10.2 Å². The number of aryl methyl sites for hydroxylation is 1. The smallest absolute Gasteiger partial charge is 0.136 e. The molecule has 0 bridgehead atoms. The molecule has 84 valence electrons. The van der Waals surface area contributed by atoms with Crippen LogP contribution in [0.5, 0.6) is 0 Å². The normalized spacial score (nSPS) is 16.9. The molecular weight excluding hydrogens is 202 g/mol. The summed E-state index contributed by atoms with van der Waals surface area (Å²) in [6.45, 7) is 4.15. The Bertz CT molecular complexity index is 498. The lowest BCUT2D eigenvalue weighted by molar-refractivity contribution is 0.590. The summed E-state index contributed by atoms with van der Waals surface area (Å²) in [6, 6.07) is 6.26.